The Labute approximate surface area is 183 Å². The fourth-order valence-electron chi connectivity index (χ4n) is 5.59. The van der Waals surface area contributed by atoms with Gasteiger partial charge in [-0.2, -0.15) is 5.26 Å². The van der Waals surface area contributed by atoms with E-state index in [0.29, 0.717) is 12.0 Å². The van der Waals surface area contributed by atoms with Gasteiger partial charge in [-0.05, 0) is 40.2 Å². The fraction of sp³-hybridized carbons (Fsp3) is 0.172. The molecular formula is C29H23NO. The maximum Gasteiger partial charge on any atom is 0.120 e. The summed E-state index contributed by atoms with van der Waals surface area (Å²) in [6.45, 7) is 0. The SMILES string of the molecule is N#CC1=C[C@@]2(c3ccccc31)[C@@H](CC=O)C=C(c1ccccc1)C[C@H]2c1ccccc1. The molecule has 3 atom stereocenters. The van der Waals surface area contributed by atoms with Crippen LogP contribution in [0.2, 0.25) is 0 Å². The quantitative estimate of drug-likeness (QED) is 0.480. The maximum atomic E-state index is 11.8. The van der Waals surface area contributed by atoms with Crippen LogP contribution >= 0.6 is 0 Å². The van der Waals surface area contributed by atoms with Crippen molar-refractivity contribution in [3.63, 3.8) is 0 Å². The Balaban J connectivity index is 1.79. The van der Waals surface area contributed by atoms with Crippen LogP contribution in [-0.2, 0) is 10.2 Å². The van der Waals surface area contributed by atoms with Gasteiger partial charge in [-0.1, -0.05) is 97.1 Å². The van der Waals surface area contributed by atoms with Crippen LogP contribution < -0.4 is 0 Å². The van der Waals surface area contributed by atoms with Gasteiger partial charge in [0.15, 0.2) is 0 Å². The highest BCUT2D eigenvalue weighted by Gasteiger charge is 2.51. The van der Waals surface area contributed by atoms with Crippen LogP contribution in [0.4, 0.5) is 0 Å². The maximum absolute atomic E-state index is 11.8. The van der Waals surface area contributed by atoms with Gasteiger partial charge in [0, 0.05) is 17.8 Å². The Kier molecular flexibility index (Phi) is 4.88. The summed E-state index contributed by atoms with van der Waals surface area (Å²) in [7, 11) is 0. The summed E-state index contributed by atoms with van der Waals surface area (Å²) in [4.78, 5) is 11.8. The van der Waals surface area contributed by atoms with Crippen molar-refractivity contribution in [2.45, 2.75) is 24.2 Å². The van der Waals surface area contributed by atoms with Crippen molar-refractivity contribution in [1.29, 1.82) is 5.26 Å². The smallest absolute Gasteiger partial charge is 0.120 e. The van der Waals surface area contributed by atoms with Crippen LogP contribution in [0.25, 0.3) is 11.1 Å². The second-order valence-electron chi connectivity index (χ2n) is 8.38. The zero-order chi connectivity index (χ0) is 21.3. The normalized spacial score (nSPS) is 24.1. The first-order valence-corrected chi connectivity index (χ1v) is 10.8. The molecule has 0 bridgehead atoms. The van der Waals surface area contributed by atoms with Gasteiger partial charge in [0.2, 0.25) is 0 Å². The lowest BCUT2D eigenvalue weighted by Gasteiger charge is -2.46. The van der Waals surface area contributed by atoms with Crippen molar-refractivity contribution < 1.29 is 4.79 Å². The topological polar surface area (TPSA) is 40.9 Å². The van der Waals surface area contributed by atoms with Gasteiger partial charge in [-0.25, -0.2) is 0 Å². The molecule has 2 aliphatic carbocycles. The van der Waals surface area contributed by atoms with Crippen LogP contribution in [-0.4, -0.2) is 6.29 Å². The first kappa shape index (κ1) is 19.3. The van der Waals surface area contributed by atoms with Gasteiger partial charge >= 0.3 is 0 Å². The van der Waals surface area contributed by atoms with Crippen LogP contribution in [0.5, 0.6) is 0 Å². The minimum absolute atomic E-state index is 0.0221. The molecule has 3 aromatic rings. The van der Waals surface area contributed by atoms with Gasteiger partial charge in [0.25, 0.3) is 0 Å². The Morgan fingerprint density at radius 3 is 2.32 bits per heavy atom. The number of nitriles is 1. The highest BCUT2D eigenvalue weighted by molar-refractivity contribution is 5.87. The molecule has 3 aromatic carbocycles. The summed E-state index contributed by atoms with van der Waals surface area (Å²) in [5.74, 6) is 0.108. The summed E-state index contributed by atoms with van der Waals surface area (Å²) in [6.07, 6.45) is 6.74. The number of rotatable bonds is 4. The minimum atomic E-state index is -0.414. The van der Waals surface area contributed by atoms with E-state index in [2.05, 4.69) is 72.8 Å². The van der Waals surface area contributed by atoms with Gasteiger partial charge in [-0.3, -0.25) is 0 Å². The average molecular weight is 402 g/mol. The minimum Gasteiger partial charge on any atom is -0.303 e. The van der Waals surface area contributed by atoms with Crippen molar-refractivity contribution in [3.05, 3.63) is 119 Å². The zero-order valence-corrected chi connectivity index (χ0v) is 17.2. The van der Waals surface area contributed by atoms with E-state index in [-0.39, 0.29) is 11.8 Å². The van der Waals surface area contributed by atoms with E-state index in [0.717, 1.165) is 23.8 Å². The molecule has 0 amide bonds. The van der Waals surface area contributed by atoms with E-state index in [9.17, 15) is 10.1 Å². The third-order valence-corrected chi connectivity index (χ3v) is 6.90. The fourth-order valence-corrected chi connectivity index (χ4v) is 5.59. The highest BCUT2D eigenvalue weighted by atomic mass is 16.1. The van der Waals surface area contributed by atoms with Crippen molar-refractivity contribution in [3.8, 4) is 6.07 Å². The van der Waals surface area contributed by atoms with Crippen molar-refractivity contribution >= 4 is 17.4 Å². The number of carbonyl (C=O) groups excluding carboxylic acids is 1. The third kappa shape index (κ3) is 3.05. The standard InChI is InChI=1S/C29H23NO/c30-20-24-19-29(27-14-8-7-13-26(24)27)25(15-16-31)17-23(21-9-3-1-4-10-21)18-28(29)22-11-5-2-6-12-22/h1-14,16-17,19,25,28H,15,18H2/t25-,28-,29-/m0/s1. The molecule has 2 heteroatoms. The van der Waals surface area contributed by atoms with Gasteiger partial charge in [-0.15, -0.1) is 0 Å². The van der Waals surface area contributed by atoms with E-state index in [1.807, 2.05) is 30.3 Å². The molecule has 31 heavy (non-hydrogen) atoms. The van der Waals surface area contributed by atoms with Gasteiger partial charge in [0.1, 0.15) is 6.29 Å². The molecule has 2 nitrogen and oxygen atoms in total. The Hall–Kier alpha value is -3.70. The number of benzene rings is 3. The molecule has 0 saturated heterocycles. The Morgan fingerprint density at radius 1 is 0.935 bits per heavy atom. The van der Waals surface area contributed by atoms with Crippen molar-refractivity contribution in [2.75, 3.05) is 0 Å². The molecule has 0 unspecified atom stereocenters. The van der Waals surface area contributed by atoms with E-state index >= 15 is 0 Å². The number of carbonyl (C=O) groups is 1. The molecule has 0 fully saturated rings. The number of hydrogen-bond acceptors (Lipinski definition) is 2. The summed E-state index contributed by atoms with van der Waals surface area (Å²) < 4.78 is 0. The molecule has 0 aromatic heterocycles. The Morgan fingerprint density at radius 2 is 1.61 bits per heavy atom. The number of fused-ring (bicyclic) bond motifs is 2. The summed E-state index contributed by atoms with van der Waals surface area (Å²) in [6, 6.07) is 31.6. The molecule has 0 heterocycles. The predicted octanol–water partition coefficient (Wildman–Crippen LogP) is 6.32. The molecular weight excluding hydrogens is 378 g/mol. The first-order chi connectivity index (χ1) is 15.3. The number of allylic oxidation sites excluding steroid dienone is 4. The second kappa shape index (κ2) is 7.85. The zero-order valence-electron chi connectivity index (χ0n) is 17.2. The summed E-state index contributed by atoms with van der Waals surface area (Å²) in [5, 5.41) is 9.93. The first-order valence-electron chi connectivity index (χ1n) is 10.8. The molecule has 0 N–H and O–H groups in total. The second-order valence-corrected chi connectivity index (χ2v) is 8.38. The number of aldehydes is 1. The summed E-state index contributed by atoms with van der Waals surface area (Å²) >= 11 is 0. The average Bonchev–Trinajstić information content (AvgIpc) is 3.17. The highest BCUT2D eigenvalue weighted by Crippen LogP contribution is 2.59. The van der Waals surface area contributed by atoms with Crippen LogP contribution in [0.15, 0.2) is 97.1 Å². The van der Waals surface area contributed by atoms with Crippen LogP contribution in [0.1, 0.15) is 41.0 Å². The molecule has 0 aliphatic heterocycles. The molecule has 150 valence electrons. The number of hydrogen-bond donors (Lipinski definition) is 0. The predicted molar refractivity (Wildman–Crippen MR) is 124 cm³/mol. The molecule has 0 saturated carbocycles. The monoisotopic (exact) mass is 401 g/mol. The lowest BCUT2D eigenvalue weighted by atomic mass is 9.56. The molecule has 2 aliphatic rings. The largest absolute Gasteiger partial charge is 0.303 e. The molecule has 5 rings (SSSR count). The van der Waals surface area contributed by atoms with E-state index in [4.69, 9.17) is 0 Å². The van der Waals surface area contributed by atoms with Gasteiger partial charge < -0.3 is 4.79 Å². The lowest BCUT2D eigenvalue weighted by molar-refractivity contribution is -0.108. The van der Waals surface area contributed by atoms with Gasteiger partial charge in [0.05, 0.1) is 11.6 Å². The van der Waals surface area contributed by atoms with E-state index < -0.39 is 5.41 Å². The van der Waals surface area contributed by atoms with Crippen molar-refractivity contribution in [2.24, 2.45) is 5.92 Å². The lowest BCUT2D eigenvalue weighted by Crippen LogP contribution is -2.40. The van der Waals surface area contributed by atoms with Crippen LogP contribution in [0, 0.1) is 17.2 Å². The third-order valence-electron chi connectivity index (χ3n) is 6.90. The number of nitrogens with zero attached hydrogens (tertiary/aromatic N) is 1. The summed E-state index contributed by atoms with van der Waals surface area (Å²) in [5.41, 5.74) is 6.17. The van der Waals surface area contributed by atoms with E-state index in [1.54, 1.807) is 0 Å². The van der Waals surface area contributed by atoms with Crippen molar-refractivity contribution in [1.82, 2.24) is 0 Å². The van der Waals surface area contributed by atoms with E-state index in [1.165, 1.54) is 16.7 Å². The Bertz CT molecular complexity index is 1220. The van der Waals surface area contributed by atoms with Crippen LogP contribution in [0.3, 0.4) is 0 Å². The molecule has 0 radical (unpaired) electrons. The molecule has 1 spiro atoms.